The summed E-state index contributed by atoms with van der Waals surface area (Å²) in [5.74, 6) is 0.0100. The van der Waals surface area contributed by atoms with E-state index in [1.54, 1.807) is 57.9 Å². The van der Waals surface area contributed by atoms with Gasteiger partial charge < -0.3 is 19.6 Å². The highest BCUT2D eigenvalue weighted by Crippen LogP contribution is 2.31. The second kappa shape index (κ2) is 7.45. The molecule has 1 aliphatic rings. The Kier molecular flexibility index (Phi) is 4.58. The lowest BCUT2D eigenvalue weighted by molar-refractivity contribution is -0.389. The van der Waals surface area contributed by atoms with E-state index in [9.17, 15) is 14.5 Å². The number of hydrogen-bond donors (Lipinski definition) is 0. The zero-order chi connectivity index (χ0) is 22.3. The summed E-state index contributed by atoms with van der Waals surface area (Å²) in [6.07, 6.45) is 3.01. The Morgan fingerprint density at radius 1 is 1.22 bits per heavy atom. The Balaban J connectivity index is 1.24. The van der Waals surface area contributed by atoms with Crippen molar-refractivity contribution < 1.29 is 18.8 Å². The standard InChI is InChI=1S/C21H17FN6O4/c1-21(12-26-11-19(28(29)30)23-20(26)32-21)13-31-15-8-6-14(7-9-15)27-10-18(24-25-27)16-4-2-3-5-17(16)22/h2-11H,12-13H2,1H3/t21-/m1/s1. The number of nitrogens with zero attached hydrogens (tertiary/aromatic N) is 6. The molecule has 0 saturated carbocycles. The lowest BCUT2D eigenvalue weighted by Crippen LogP contribution is -2.38. The quantitative estimate of drug-likeness (QED) is 0.336. The fraction of sp³-hybridized carbons (Fsp3) is 0.190. The van der Waals surface area contributed by atoms with Gasteiger partial charge in [-0.2, -0.15) is 0 Å². The van der Waals surface area contributed by atoms with Crippen molar-refractivity contribution in [2.75, 3.05) is 6.61 Å². The van der Waals surface area contributed by atoms with Crippen molar-refractivity contribution in [3.63, 3.8) is 0 Å². The number of aromatic nitrogens is 5. The molecule has 0 spiro atoms. The summed E-state index contributed by atoms with van der Waals surface area (Å²) in [5, 5.41) is 18.9. The molecule has 0 fully saturated rings. The third kappa shape index (κ3) is 3.64. The Morgan fingerprint density at radius 3 is 2.72 bits per heavy atom. The molecule has 1 atom stereocenters. The van der Waals surface area contributed by atoms with Crippen LogP contribution in [0.15, 0.2) is 60.9 Å². The van der Waals surface area contributed by atoms with Crippen LogP contribution in [-0.2, 0) is 6.54 Å². The summed E-state index contributed by atoms with van der Waals surface area (Å²) in [7, 11) is 0. The molecule has 0 bridgehead atoms. The molecule has 32 heavy (non-hydrogen) atoms. The molecule has 2 aromatic carbocycles. The topological polar surface area (TPSA) is 110 Å². The Labute approximate surface area is 181 Å². The van der Waals surface area contributed by atoms with Crippen LogP contribution in [0.25, 0.3) is 16.9 Å². The molecule has 10 nitrogen and oxygen atoms in total. The minimum Gasteiger partial charge on any atom is -0.489 e. The third-order valence-corrected chi connectivity index (χ3v) is 5.05. The van der Waals surface area contributed by atoms with E-state index in [-0.39, 0.29) is 24.3 Å². The maximum Gasteiger partial charge on any atom is 0.415 e. The van der Waals surface area contributed by atoms with Crippen LogP contribution in [0.5, 0.6) is 11.8 Å². The van der Waals surface area contributed by atoms with Gasteiger partial charge in [0.05, 0.1) is 18.4 Å². The summed E-state index contributed by atoms with van der Waals surface area (Å²) in [6.45, 7) is 2.46. The second-order valence-corrected chi connectivity index (χ2v) is 7.63. The van der Waals surface area contributed by atoms with Crippen LogP contribution >= 0.6 is 0 Å². The van der Waals surface area contributed by atoms with E-state index in [0.29, 0.717) is 23.6 Å². The first kappa shape index (κ1) is 19.7. The summed E-state index contributed by atoms with van der Waals surface area (Å²) in [5.41, 5.74) is 0.862. The number of imidazole rings is 1. The summed E-state index contributed by atoms with van der Waals surface area (Å²) < 4.78 is 28.7. The summed E-state index contributed by atoms with van der Waals surface area (Å²) in [6, 6.07) is 13.8. The maximum absolute atomic E-state index is 14.0. The van der Waals surface area contributed by atoms with Gasteiger partial charge in [-0.15, -0.1) is 5.10 Å². The number of hydrogen-bond acceptors (Lipinski definition) is 7. The molecule has 0 radical (unpaired) electrons. The van der Waals surface area contributed by atoms with Crippen molar-refractivity contribution >= 4 is 5.82 Å². The van der Waals surface area contributed by atoms with Crippen LogP contribution in [-0.4, -0.2) is 41.7 Å². The zero-order valence-corrected chi connectivity index (χ0v) is 16.9. The largest absolute Gasteiger partial charge is 0.489 e. The summed E-state index contributed by atoms with van der Waals surface area (Å²) in [4.78, 5) is 14.1. The first-order valence-corrected chi connectivity index (χ1v) is 9.71. The van der Waals surface area contributed by atoms with Gasteiger partial charge in [0.25, 0.3) is 0 Å². The highest BCUT2D eigenvalue weighted by molar-refractivity contribution is 5.59. The van der Waals surface area contributed by atoms with Gasteiger partial charge in [-0.05, 0) is 48.2 Å². The van der Waals surface area contributed by atoms with Crippen LogP contribution < -0.4 is 9.47 Å². The molecule has 0 unspecified atom stereocenters. The minimum absolute atomic E-state index is 0.204. The van der Waals surface area contributed by atoms with Crippen molar-refractivity contribution in [1.29, 1.82) is 0 Å². The number of ether oxygens (including phenoxy) is 2. The van der Waals surface area contributed by atoms with E-state index >= 15 is 0 Å². The molecule has 0 N–H and O–H groups in total. The normalized spacial score (nSPS) is 17.1. The number of rotatable bonds is 6. The van der Waals surface area contributed by atoms with Gasteiger partial charge in [0.1, 0.15) is 30.1 Å². The molecule has 5 rings (SSSR count). The predicted octanol–water partition coefficient (Wildman–Crippen LogP) is 3.41. The molecule has 2 aromatic heterocycles. The van der Waals surface area contributed by atoms with Gasteiger partial charge in [-0.1, -0.05) is 17.3 Å². The van der Waals surface area contributed by atoms with Crippen LogP contribution in [0.3, 0.4) is 0 Å². The molecule has 0 aliphatic carbocycles. The van der Waals surface area contributed by atoms with Gasteiger partial charge in [0, 0.05) is 10.5 Å². The Bertz CT molecular complexity index is 1280. The van der Waals surface area contributed by atoms with E-state index in [4.69, 9.17) is 9.47 Å². The highest BCUT2D eigenvalue weighted by atomic mass is 19.1. The van der Waals surface area contributed by atoms with E-state index in [1.807, 2.05) is 6.92 Å². The first-order chi connectivity index (χ1) is 15.4. The molecule has 4 aromatic rings. The number of nitro groups is 1. The zero-order valence-electron chi connectivity index (χ0n) is 16.9. The maximum atomic E-state index is 14.0. The summed E-state index contributed by atoms with van der Waals surface area (Å²) >= 11 is 0. The molecule has 0 amide bonds. The van der Waals surface area contributed by atoms with Gasteiger partial charge in [-0.25, -0.2) is 9.07 Å². The van der Waals surface area contributed by atoms with E-state index in [1.165, 1.54) is 12.3 Å². The monoisotopic (exact) mass is 436 g/mol. The van der Waals surface area contributed by atoms with Crippen molar-refractivity contribution in [3.05, 3.63) is 76.9 Å². The molecule has 3 heterocycles. The van der Waals surface area contributed by atoms with Crippen LogP contribution in [0.4, 0.5) is 10.2 Å². The average molecular weight is 436 g/mol. The van der Waals surface area contributed by atoms with Crippen molar-refractivity contribution in [3.8, 4) is 28.7 Å². The van der Waals surface area contributed by atoms with Gasteiger partial charge in [0.2, 0.25) is 0 Å². The van der Waals surface area contributed by atoms with E-state index in [2.05, 4.69) is 15.3 Å². The van der Waals surface area contributed by atoms with Crippen molar-refractivity contribution in [2.45, 2.75) is 19.1 Å². The number of fused-ring (bicyclic) bond motifs is 1. The smallest absolute Gasteiger partial charge is 0.415 e. The van der Waals surface area contributed by atoms with Crippen molar-refractivity contribution in [2.24, 2.45) is 0 Å². The second-order valence-electron chi connectivity index (χ2n) is 7.63. The fourth-order valence-corrected chi connectivity index (χ4v) is 3.47. The molecular formula is C21H17FN6O4. The van der Waals surface area contributed by atoms with Crippen LogP contribution in [0.1, 0.15) is 6.92 Å². The number of benzene rings is 2. The SMILES string of the molecule is C[C@]1(COc2ccc(-n3cc(-c4ccccc4F)nn3)cc2)Cn2cc([N+](=O)[O-])nc2O1. The average Bonchev–Trinajstić information content (AvgIpc) is 3.47. The molecule has 0 saturated heterocycles. The number of halogens is 1. The fourth-order valence-electron chi connectivity index (χ4n) is 3.47. The Hall–Kier alpha value is -4.28. The Morgan fingerprint density at radius 2 is 2.00 bits per heavy atom. The van der Waals surface area contributed by atoms with Crippen molar-refractivity contribution in [1.82, 2.24) is 24.5 Å². The van der Waals surface area contributed by atoms with Gasteiger partial charge in [0.15, 0.2) is 5.60 Å². The highest BCUT2D eigenvalue weighted by Gasteiger charge is 2.41. The molecule has 1 aliphatic heterocycles. The van der Waals surface area contributed by atoms with Crippen LogP contribution in [0.2, 0.25) is 0 Å². The lowest BCUT2D eigenvalue weighted by Gasteiger charge is -2.22. The molecule has 11 heteroatoms. The van der Waals surface area contributed by atoms with E-state index in [0.717, 1.165) is 5.69 Å². The molecular weight excluding hydrogens is 419 g/mol. The van der Waals surface area contributed by atoms with Crippen LogP contribution in [0, 0.1) is 15.9 Å². The van der Waals surface area contributed by atoms with Gasteiger partial charge in [-0.3, -0.25) is 4.57 Å². The third-order valence-electron chi connectivity index (χ3n) is 5.05. The minimum atomic E-state index is -0.698. The molecule has 162 valence electrons. The predicted molar refractivity (Wildman–Crippen MR) is 110 cm³/mol. The lowest BCUT2D eigenvalue weighted by atomic mass is 10.1. The first-order valence-electron chi connectivity index (χ1n) is 9.71. The van der Waals surface area contributed by atoms with E-state index < -0.39 is 10.5 Å². The van der Waals surface area contributed by atoms with Gasteiger partial charge >= 0.3 is 11.8 Å².